The van der Waals surface area contributed by atoms with Crippen LogP contribution in [0.25, 0.3) is 0 Å². The van der Waals surface area contributed by atoms with Gasteiger partial charge in [-0.25, -0.2) is 4.98 Å². The van der Waals surface area contributed by atoms with Gasteiger partial charge in [-0.1, -0.05) is 175 Å². The number of allylic oxidation sites excluding steroid dienone is 4. The van der Waals surface area contributed by atoms with Gasteiger partial charge < -0.3 is 4.57 Å². The summed E-state index contributed by atoms with van der Waals surface area (Å²) < 4.78 is 2.30. The number of benzene rings is 4. The lowest BCUT2D eigenvalue weighted by Crippen LogP contribution is -2.49. The molecule has 202 valence electrons. The van der Waals surface area contributed by atoms with Crippen molar-refractivity contribution in [1.29, 1.82) is 0 Å². The number of hydrogen-bond acceptors (Lipinski definition) is 2. The summed E-state index contributed by atoms with van der Waals surface area (Å²) in [5.74, 6) is 0. The summed E-state index contributed by atoms with van der Waals surface area (Å²) in [5, 5.41) is 1.18. The van der Waals surface area contributed by atoms with Crippen LogP contribution in [-0.4, -0.2) is 29.9 Å². The Hall–Kier alpha value is -4.06. The molecule has 0 spiro atoms. The standard InChI is InChI=1S/C23H22N2SSi.C13H13B/c1-27(22-14-12-21(26)13-15-22)23(25-17-16-24-18-25,19-8-4-2-5-9-19)20-10-6-3-7-11-20;1-14(12-8-4-2-5-9-12)13-10-6-3-7-11-13/h2-12,14-18,27H,13H2,1H3;2-11H,1H3. The fraction of sp³-hybridized carbons (Fsp3) is 0.111. The van der Waals surface area contributed by atoms with Gasteiger partial charge in [-0.3, -0.25) is 0 Å². The molecule has 1 atom stereocenters. The van der Waals surface area contributed by atoms with Gasteiger partial charge in [-0.15, -0.1) is 0 Å². The molecule has 0 saturated carbocycles. The molecular formula is C36H35BN2SSi. The molecule has 1 aromatic heterocycles. The van der Waals surface area contributed by atoms with Crippen molar-refractivity contribution in [3.63, 3.8) is 0 Å². The lowest BCUT2D eigenvalue weighted by molar-refractivity contribution is 0.586. The number of hydrogen-bond donors (Lipinski definition) is 0. The van der Waals surface area contributed by atoms with Crippen molar-refractivity contribution in [2.75, 3.05) is 0 Å². The lowest BCUT2D eigenvalue weighted by atomic mass is 9.43. The Morgan fingerprint density at radius 2 is 1.22 bits per heavy atom. The Morgan fingerprint density at radius 3 is 1.63 bits per heavy atom. The maximum absolute atomic E-state index is 5.37. The van der Waals surface area contributed by atoms with Crippen LogP contribution in [0.15, 0.2) is 163 Å². The third-order valence-electron chi connectivity index (χ3n) is 8.07. The topological polar surface area (TPSA) is 17.8 Å². The molecule has 1 aliphatic rings. The van der Waals surface area contributed by atoms with Crippen LogP contribution in [0.1, 0.15) is 17.5 Å². The van der Waals surface area contributed by atoms with Crippen LogP contribution in [0.4, 0.5) is 0 Å². The van der Waals surface area contributed by atoms with Gasteiger partial charge in [0.05, 0.1) is 11.5 Å². The number of nitrogens with zero attached hydrogens (tertiary/aromatic N) is 2. The van der Waals surface area contributed by atoms with Crippen molar-refractivity contribution in [3.05, 3.63) is 175 Å². The van der Waals surface area contributed by atoms with E-state index in [0.717, 1.165) is 11.3 Å². The number of thiocarbonyl (C=S) groups is 1. The van der Waals surface area contributed by atoms with E-state index >= 15 is 0 Å². The van der Waals surface area contributed by atoms with E-state index in [1.54, 1.807) is 0 Å². The fourth-order valence-corrected chi connectivity index (χ4v) is 9.30. The smallest absolute Gasteiger partial charge is 0.206 e. The molecule has 6 rings (SSSR count). The fourth-order valence-electron chi connectivity index (χ4n) is 5.82. The van der Waals surface area contributed by atoms with Crippen molar-refractivity contribution in [2.45, 2.75) is 25.0 Å². The van der Waals surface area contributed by atoms with Gasteiger partial charge in [0.25, 0.3) is 0 Å². The molecule has 0 saturated heterocycles. The van der Waals surface area contributed by atoms with E-state index in [4.69, 9.17) is 12.2 Å². The summed E-state index contributed by atoms with van der Waals surface area (Å²) in [6.07, 6.45) is 13.5. The Kier molecular flexibility index (Phi) is 9.40. The average Bonchev–Trinajstić information content (AvgIpc) is 3.59. The molecule has 0 aliphatic heterocycles. The first-order valence-corrected chi connectivity index (χ1v) is 16.9. The summed E-state index contributed by atoms with van der Waals surface area (Å²) in [6, 6.07) is 42.9. The predicted octanol–water partition coefficient (Wildman–Crippen LogP) is 6.79. The Balaban J connectivity index is 0.000000202. The van der Waals surface area contributed by atoms with Crippen LogP contribution in [-0.2, 0) is 5.16 Å². The van der Waals surface area contributed by atoms with Gasteiger partial charge in [-0.2, -0.15) is 0 Å². The quantitative estimate of drug-likeness (QED) is 0.160. The van der Waals surface area contributed by atoms with E-state index in [1.807, 2.05) is 12.5 Å². The van der Waals surface area contributed by atoms with E-state index < -0.39 is 8.80 Å². The number of rotatable bonds is 7. The zero-order valence-electron chi connectivity index (χ0n) is 23.7. The third-order valence-corrected chi connectivity index (χ3v) is 12.0. The number of imidazole rings is 1. The molecule has 5 heteroatoms. The van der Waals surface area contributed by atoms with E-state index in [-0.39, 0.29) is 5.16 Å². The molecule has 0 bridgehead atoms. The molecule has 0 fully saturated rings. The zero-order chi connectivity index (χ0) is 28.5. The van der Waals surface area contributed by atoms with Gasteiger partial charge in [0.1, 0.15) is 8.80 Å². The molecule has 4 aromatic carbocycles. The van der Waals surface area contributed by atoms with E-state index in [1.165, 1.54) is 27.2 Å². The molecule has 0 amide bonds. The second-order valence-electron chi connectivity index (χ2n) is 10.4. The summed E-state index contributed by atoms with van der Waals surface area (Å²) in [6.45, 7) is 5.16. The van der Waals surface area contributed by atoms with Gasteiger partial charge in [0.15, 0.2) is 0 Å². The van der Waals surface area contributed by atoms with Crippen LogP contribution < -0.4 is 10.9 Å². The van der Waals surface area contributed by atoms with E-state index in [2.05, 4.69) is 169 Å². The molecule has 41 heavy (non-hydrogen) atoms. The van der Waals surface area contributed by atoms with E-state index in [0.29, 0.717) is 6.71 Å². The minimum atomic E-state index is -1.57. The highest BCUT2D eigenvalue weighted by atomic mass is 32.1. The van der Waals surface area contributed by atoms with Crippen molar-refractivity contribution >= 4 is 43.5 Å². The number of aromatic nitrogens is 2. The van der Waals surface area contributed by atoms with Crippen molar-refractivity contribution in [3.8, 4) is 0 Å². The highest BCUT2D eigenvalue weighted by Gasteiger charge is 2.43. The van der Waals surface area contributed by atoms with Gasteiger partial charge in [-0.05, 0) is 17.2 Å². The monoisotopic (exact) mass is 566 g/mol. The second-order valence-corrected chi connectivity index (χ2v) is 13.9. The van der Waals surface area contributed by atoms with Crippen LogP contribution in [0.2, 0.25) is 13.4 Å². The van der Waals surface area contributed by atoms with Crippen LogP contribution in [0, 0.1) is 0 Å². The average molecular weight is 567 g/mol. The van der Waals surface area contributed by atoms with Crippen molar-refractivity contribution < 1.29 is 0 Å². The normalized spacial score (nSPS) is 13.5. The summed E-state index contributed by atoms with van der Waals surface area (Å²) in [4.78, 5) is 5.41. The van der Waals surface area contributed by atoms with Crippen LogP contribution >= 0.6 is 12.2 Å². The lowest BCUT2D eigenvalue weighted by Gasteiger charge is -2.42. The Bertz CT molecular complexity index is 1510. The molecule has 2 nitrogen and oxygen atoms in total. The van der Waals surface area contributed by atoms with Gasteiger partial charge >= 0.3 is 0 Å². The van der Waals surface area contributed by atoms with Crippen molar-refractivity contribution in [1.82, 2.24) is 9.55 Å². The third kappa shape index (κ3) is 6.32. The molecular weight excluding hydrogens is 531 g/mol. The summed E-state index contributed by atoms with van der Waals surface area (Å²) >= 11 is 5.37. The minimum Gasteiger partial charge on any atom is -0.326 e. The molecule has 5 aromatic rings. The second kappa shape index (κ2) is 13.5. The summed E-state index contributed by atoms with van der Waals surface area (Å²) in [5.41, 5.74) is 5.35. The summed E-state index contributed by atoms with van der Waals surface area (Å²) in [7, 11) is -1.57. The predicted molar refractivity (Wildman–Crippen MR) is 183 cm³/mol. The molecule has 1 heterocycles. The first-order valence-electron chi connectivity index (χ1n) is 14.2. The Morgan fingerprint density at radius 1 is 0.732 bits per heavy atom. The molecule has 1 unspecified atom stereocenters. The highest BCUT2D eigenvalue weighted by molar-refractivity contribution is 7.80. The SMILES string of the molecule is CB(c1ccccc1)c1ccccc1.C[SiH](C1=CCC(=S)C=C1)C(c1ccccc1)(c1ccccc1)n1ccnc1. The van der Waals surface area contributed by atoms with Crippen LogP contribution in [0.3, 0.4) is 0 Å². The maximum Gasteiger partial charge on any atom is 0.206 e. The van der Waals surface area contributed by atoms with Crippen LogP contribution in [0.5, 0.6) is 0 Å². The maximum atomic E-state index is 5.37. The first-order chi connectivity index (χ1) is 20.1. The van der Waals surface area contributed by atoms with Crippen molar-refractivity contribution in [2.24, 2.45) is 0 Å². The zero-order valence-corrected chi connectivity index (χ0v) is 25.6. The van der Waals surface area contributed by atoms with Gasteiger partial charge in [0.2, 0.25) is 6.71 Å². The van der Waals surface area contributed by atoms with E-state index in [9.17, 15) is 0 Å². The molecule has 1 aliphatic carbocycles. The highest BCUT2D eigenvalue weighted by Crippen LogP contribution is 2.39. The largest absolute Gasteiger partial charge is 0.326 e. The molecule has 0 radical (unpaired) electrons. The van der Waals surface area contributed by atoms with Gasteiger partial charge in [0, 0.05) is 23.7 Å². The Labute approximate surface area is 251 Å². The molecule has 0 N–H and O–H groups in total. The first kappa shape index (κ1) is 28.5. The minimum absolute atomic E-state index is 0.256.